The summed E-state index contributed by atoms with van der Waals surface area (Å²) in [4.78, 5) is 26.7. The third-order valence-corrected chi connectivity index (χ3v) is 6.22. The molecule has 2 heterocycles. The highest BCUT2D eigenvalue weighted by Crippen LogP contribution is 2.34. The van der Waals surface area contributed by atoms with E-state index in [1.807, 2.05) is 30.3 Å². The van der Waals surface area contributed by atoms with E-state index in [2.05, 4.69) is 0 Å². The van der Waals surface area contributed by atoms with Gasteiger partial charge in [0.1, 0.15) is 21.6 Å². The van der Waals surface area contributed by atoms with E-state index in [4.69, 9.17) is 26.1 Å². The fourth-order valence-electron chi connectivity index (χ4n) is 3.18. The van der Waals surface area contributed by atoms with Crippen molar-refractivity contribution in [1.82, 2.24) is 4.90 Å². The van der Waals surface area contributed by atoms with Crippen LogP contribution in [-0.2, 0) is 16.1 Å². The predicted octanol–water partition coefficient (Wildman–Crippen LogP) is 5.14. The quantitative estimate of drug-likeness (QED) is 0.283. The largest absolute Gasteiger partial charge is 0.497 e. The van der Waals surface area contributed by atoms with Gasteiger partial charge in [-0.25, -0.2) is 4.79 Å². The number of hydrogen-bond donors (Lipinski definition) is 0. The fourth-order valence-corrected chi connectivity index (χ4v) is 4.42. The summed E-state index contributed by atoms with van der Waals surface area (Å²) in [5, 5.41) is 0. The van der Waals surface area contributed by atoms with Gasteiger partial charge in [0.25, 0.3) is 5.91 Å². The second kappa shape index (κ2) is 9.42. The number of carbonyl (C=O) groups excluding carboxylic acids is 2. The SMILES string of the molecule is COC(=O)c1cccc(-c2ccc(/C=C3/SC(=S)N(Cc4ccc(OC)cc4)C3=O)o2)c1. The maximum absolute atomic E-state index is 12.9. The molecule has 0 saturated carbocycles. The second-order valence-corrected chi connectivity index (χ2v) is 8.57. The zero-order valence-corrected chi connectivity index (χ0v) is 19.0. The van der Waals surface area contributed by atoms with E-state index in [1.165, 1.54) is 18.9 Å². The number of carbonyl (C=O) groups is 2. The Morgan fingerprint density at radius 2 is 1.91 bits per heavy atom. The summed E-state index contributed by atoms with van der Waals surface area (Å²) in [6.07, 6.45) is 1.68. The maximum Gasteiger partial charge on any atom is 0.337 e. The molecular weight excluding hydrogens is 446 g/mol. The molecule has 8 heteroatoms. The van der Waals surface area contributed by atoms with Gasteiger partial charge in [0.05, 0.1) is 31.2 Å². The molecule has 0 atom stereocenters. The molecule has 32 heavy (non-hydrogen) atoms. The molecule has 1 aliphatic heterocycles. The Labute approximate surface area is 194 Å². The first kappa shape index (κ1) is 21.9. The Balaban J connectivity index is 1.51. The number of esters is 1. The number of thiocarbonyl (C=S) groups is 1. The van der Waals surface area contributed by atoms with Gasteiger partial charge in [-0.1, -0.05) is 48.2 Å². The molecule has 4 rings (SSSR count). The monoisotopic (exact) mass is 465 g/mol. The van der Waals surface area contributed by atoms with Crippen molar-refractivity contribution in [3.63, 3.8) is 0 Å². The maximum atomic E-state index is 12.9. The summed E-state index contributed by atoms with van der Waals surface area (Å²) in [7, 11) is 2.95. The molecule has 1 fully saturated rings. The van der Waals surface area contributed by atoms with E-state index < -0.39 is 5.97 Å². The normalized spacial score (nSPS) is 14.8. The molecule has 162 valence electrons. The lowest BCUT2D eigenvalue weighted by molar-refractivity contribution is -0.122. The van der Waals surface area contributed by atoms with E-state index in [1.54, 1.807) is 48.4 Å². The summed E-state index contributed by atoms with van der Waals surface area (Å²) in [6.45, 7) is 0.385. The van der Waals surface area contributed by atoms with E-state index in [-0.39, 0.29) is 5.91 Å². The van der Waals surface area contributed by atoms with Gasteiger partial charge in [-0.3, -0.25) is 9.69 Å². The average Bonchev–Trinajstić information content (AvgIpc) is 3.39. The molecule has 0 bridgehead atoms. The van der Waals surface area contributed by atoms with Gasteiger partial charge in [0, 0.05) is 11.6 Å². The van der Waals surface area contributed by atoms with Gasteiger partial charge in [0.15, 0.2) is 0 Å². The van der Waals surface area contributed by atoms with Gasteiger partial charge < -0.3 is 13.9 Å². The lowest BCUT2D eigenvalue weighted by Gasteiger charge is -2.14. The molecule has 0 aliphatic carbocycles. The molecular formula is C24H19NO5S2. The number of rotatable bonds is 6. The van der Waals surface area contributed by atoms with Gasteiger partial charge in [0.2, 0.25) is 0 Å². The highest BCUT2D eigenvalue weighted by Gasteiger charge is 2.32. The Morgan fingerprint density at radius 3 is 2.62 bits per heavy atom. The lowest BCUT2D eigenvalue weighted by atomic mass is 10.1. The number of methoxy groups -OCH3 is 2. The molecule has 0 N–H and O–H groups in total. The van der Waals surface area contributed by atoms with E-state index in [0.717, 1.165) is 16.9 Å². The number of nitrogens with zero attached hydrogens (tertiary/aromatic N) is 1. The van der Waals surface area contributed by atoms with E-state index in [9.17, 15) is 9.59 Å². The van der Waals surface area contributed by atoms with Crippen LogP contribution in [0, 0.1) is 0 Å². The summed E-state index contributed by atoms with van der Waals surface area (Å²) in [6, 6.07) is 18.0. The van der Waals surface area contributed by atoms with Crippen molar-refractivity contribution in [2.45, 2.75) is 6.54 Å². The van der Waals surface area contributed by atoms with Crippen molar-refractivity contribution < 1.29 is 23.5 Å². The van der Waals surface area contributed by atoms with Crippen molar-refractivity contribution >= 4 is 46.3 Å². The van der Waals surface area contributed by atoms with Crippen molar-refractivity contribution in [2.75, 3.05) is 14.2 Å². The van der Waals surface area contributed by atoms with Crippen LogP contribution >= 0.6 is 24.0 Å². The third-order valence-electron chi connectivity index (χ3n) is 4.84. The van der Waals surface area contributed by atoms with Crippen molar-refractivity contribution in [3.05, 3.63) is 82.5 Å². The van der Waals surface area contributed by atoms with Crippen LogP contribution in [0.5, 0.6) is 5.75 Å². The summed E-state index contributed by atoms with van der Waals surface area (Å²) < 4.78 is 16.3. The van der Waals surface area contributed by atoms with Gasteiger partial charge in [-0.05, 0) is 42.0 Å². The minimum atomic E-state index is -0.417. The lowest BCUT2D eigenvalue weighted by Crippen LogP contribution is -2.27. The van der Waals surface area contributed by atoms with Crippen LogP contribution in [0.4, 0.5) is 0 Å². The van der Waals surface area contributed by atoms with Crippen LogP contribution in [0.2, 0.25) is 0 Å². The third kappa shape index (κ3) is 4.61. The number of hydrogen-bond acceptors (Lipinski definition) is 7. The number of thioether (sulfide) groups is 1. The molecule has 1 aromatic heterocycles. The van der Waals surface area contributed by atoms with Gasteiger partial charge in [-0.2, -0.15) is 0 Å². The minimum absolute atomic E-state index is 0.165. The molecule has 6 nitrogen and oxygen atoms in total. The van der Waals surface area contributed by atoms with Crippen LogP contribution in [0.1, 0.15) is 21.7 Å². The topological polar surface area (TPSA) is 69.0 Å². The number of furan rings is 1. The fraction of sp³-hybridized carbons (Fsp3) is 0.125. The Morgan fingerprint density at radius 1 is 1.12 bits per heavy atom. The Hall–Kier alpha value is -3.36. The first-order valence-corrected chi connectivity index (χ1v) is 10.9. The molecule has 1 saturated heterocycles. The summed E-state index contributed by atoms with van der Waals surface area (Å²) in [5.41, 5.74) is 2.12. The number of amides is 1. The molecule has 0 unspecified atom stereocenters. The highest BCUT2D eigenvalue weighted by atomic mass is 32.2. The molecule has 1 amide bonds. The van der Waals surface area contributed by atoms with Crippen LogP contribution in [-0.4, -0.2) is 35.3 Å². The summed E-state index contributed by atoms with van der Waals surface area (Å²) in [5.74, 6) is 1.27. The number of ether oxygens (including phenoxy) is 2. The molecule has 0 radical (unpaired) electrons. The van der Waals surface area contributed by atoms with Crippen molar-refractivity contribution in [2.24, 2.45) is 0 Å². The molecule has 3 aromatic rings. The molecule has 1 aliphatic rings. The first-order chi connectivity index (χ1) is 15.5. The first-order valence-electron chi connectivity index (χ1n) is 9.65. The van der Waals surface area contributed by atoms with E-state index in [0.29, 0.717) is 32.9 Å². The molecule has 2 aromatic carbocycles. The average molecular weight is 466 g/mol. The zero-order chi connectivity index (χ0) is 22.7. The Bertz CT molecular complexity index is 1210. The van der Waals surface area contributed by atoms with Gasteiger partial charge >= 0.3 is 5.97 Å². The smallest absolute Gasteiger partial charge is 0.337 e. The zero-order valence-electron chi connectivity index (χ0n) is 17.4. The van der Waals surface area contributed by atoms with E-state index >= 15 is 0 Å². The Kier molecular flexibility index (Phi) is 6.43. The van der Waals surface area contributed by atoms with Gasteiger partial charge in [-0.15, -0.1) is 0 Å². The minimum Gasteiger partial charge on any atom is -0.497 e. The highest BCUT2D eigenvalue weighted by molar-refractivity contribution is 8.26. The van der Waals surface area contributed by atoms with Crippen LogP contribution in [0.15, 0.2) is 70.0 Å². The van der Waals surface area contributed by atoms with Crippen LogP contribution in [0.3, 0.4) is 0 Å². The number of benzene rings is 2. The molecule has 0 spiro atoms. The summed E-state index contributed by atoms with van der Waals surface area (Å²) >= 11 is 6.66. The van der Waals surface area contributed by atoms with Crippen molar-refractivity contribution in [1.29, 1.82) is 0 Å². The van der Waals surface area contributed by atoms with Crippen molar-refractivity contribution in [3.8, 4) is 17.1 Å². The standard InChI is InChI=1S/C24H19NO5S2/c1-28-18-8-6-15(7-9-18)14-25-22(26)21(32-24(25)31)13-19-10-11-20(30-19)16-4-3-5-17(12-16)23(27)29-2/h3-13H,14H2,1-2H3/b21-13+. The second-order valence-electron chi connectivity index (χ2n) is 6.89. The van der Waals surface area contributed by atoms with Crippen LogP contribution < -0.4 is 4.74 Å². The van der Waals surface area contributed by atoms with Crippen LogP contribution in [0.25, 0.3) is 17.4 Å². The predicted molar refractivity (Wildman–Crippen MR) is 127 cm³/mol.